The first-order chi connectivity index (χ1) is 9.08. The van der Waals surface area contributed by atoms with E-state index in [0.29, 0.717) is 6.54 Å². The van der Waals surface area contributed by atoms with Crippen molar-refractivity contribution >= 4 is 17.3 Å². The highest BCUT2D eigenvalue weighted by Crippen LogP contribution is 2.21. The average Bonchev–Trinajstić information content (AvgIpc) is 2.39. The standard InChI is InChI=1S/C12H14N4O3/c1-2-14-6-5-12(17)15-11-4-3-10(16(18)19)7-9(11)8-13/h3-4,7,14H,2,5-6H2,1H3,(H,15,17). The van der Waals surface area contributed by atoms with Crippen LogP contribution in [0.25, 0.3) is 0 Å². The Bertz CT molecular complexity index is 522. The molecule has 2 N–H and O–H groups in total. The molecule has 100 valence electrons. The molecule has 0 heterocycles. The summed E-state index contributed by atoms with van der Waals surface area (Å²) in [5, 5.41) is 25.1. The van der Waals surface area contributed by atoms with Crippen LogP contribution in [0.3, 0.4) is 0 Å². The SMILES string of the molecule is CCNCCC(=O)Nc1ccc([N+](=O)[O-])cc1C#N. The molecule has 1 aromatic rings. The predicted octanol–water partition coefficient (Wildman–Crippen LogP) is 1.40. The number of rotatable bonds is 6. The zero-order valence-corrected chi connectivity index (χ0v) is 10.5. The van der Waals surface area contributed by atoms with Crippen molar-refractivity contribution in [3.63, 3.8) is 0 Å². The normalized spacial score (nSPS) is 9.68. The van der Waals surface area contributed by atoms with Gasteiger partial charge in [-0.05, 0) is 12.6 Å². The molecule has 0 aliphatic carbocycles. The Hall–Kier alpha value is -2.46. The molecule has 7 nitrogen and oxygen atoms in total. The maximum Gasteiger partial charge on any atom is 0.270 e. The Kier molecular flexibility index (Phi) is 5.44. The van der Waals surface area contributed by atoms with E-state index < -0.39 is 4.92 Å². The minimum atomic E-state index is -0.586. The molecule has 19 heavy (non-hydrogen) atoms. The number of hydrogen-bond acceptors (Lipinski definition) is 5. The van der Waals surface area contributed by atoms with E-state index in [-0.39, 0.29) is 29.3 Å². The van der Waals surface area contributed by atoms with Gasteiger partial charge >= 0.3 is 0 Å². The van der Waals surface area contributed by atoms with Crippen molar-refractivity contribution in [2.75, 3.05) is 18.4 Å². The topological polar surface area (TPSA) is 108 Å². The highest BCUT2D eigenvalue weighted by atomic mass is 16.6. The van der Waals surface area contributed by atoms with E-state index in [9.17, 15) is 14.9 Å². The van der Waals surface area contributed by atoms with Crippen LogP contribution in [0.5, 0.6) is 0 Å². The second-order valence-electron chi connectivity index (χ2n) is 3.75. The number of nitrogens with zero attached hydrogens (tertiary/aromatic N) is 2. The summed E-state index contributed by atoms with van der Waals surface area (Å²) in [4.78, 5) is 21.6. The molecule has 0 spiro atoms. The fraction of sp³-hybridized carbons (Fsp3) is 0.333. The zero-order valence-electron chi connectivity index (χ0n) is 10.5. The summed E-state index contributed by atoms with van der Waals surface area (Å²) in [5.74, 6) is -0.244. The van der Waals surface area contributed by atoms with Gasteiger partial charge in [-0.1, -0.05) is 6.92 Å². The number of carbonyl (C=O) groups is 1. The summed E-state index contributed by atoms with van der Waals surface area (Å²) >= 11 is 0. The number of non-ortho nitro benzene ring substituents is 1. The number of amides is 1. The number of nitro groups is 1. The van der Waals surface area contributed by atoms with Crippen LogP contribution < -0.4 is 10.6 Å². The van der Waals surface area contributed by atoms with E-state index in [1.807, 2.05) is 13.0 Å². The van der Waals surface area contributed by atoms with Crippen LogP contribution in [0.1, 0.15) is 18.9 Å². The van der Waals surface area contributed by atoms with Gasteiger partial charge < -0.3 is 10.6 Å². The molecule has 0 atom stereocenters. The van der Waals surface area contributed by atoms with E-state index in [0.717, 1.165) is 12.6 Å². The lowest BCUT2D eigenvalue weighted by molar-refractivity contribution is -0.384. The van der Waals surface area contributed by atoms with Gasteiger partial charge in [-0.25, -0.2) is 0 Å². The van der Waals surface area contributed by atoms with Crippen LogP contribution in [0.15, 0.2) is 18.2 Å². The Morgan fingerprint density at radius 2 is 2.26 bits per heavy atom. The number of anilines is 1. The monoisotopic (exact) mass is 262 g/mol. The largest absolute Gasteiger partial charge is 0.325 e. The first kappa shape index (κ1) is 14.6. The number of nitrogens with one attached hydrogen (secondary N) is 2. The predicted molar refractivity (Wildman–Crippen MR) is 69.6 cm³/mol. The smallest absolute Gasteiger partial charge is 0.270 e. The van der Waals surface area contributed by atoms with Crippen LogP contribution in [-0.4, -0.2) is 23.9 Å². The number of carbonyl (C=O) groups excluding carboxylic acids is 1. The number of nitro benzene ring substituents is 1. The summed E-state index contributed by atoms with van der Waals surface area (Å²) < 4.78 is 0. The van der Waals surface area contributed by atoms with Crippen LogP contribution in [0, 0.1) is 21.4 Å². The second kappa shape index (κ2) is 7.08. The van der Waals surface area contributed by atoms with Crippen molar-refractivity contribution in [3.8, 4) is 6.07 Å². The third-order valence-electron chi connectivity index (χ3n) is 2.39. The number of hydrogen-bond donors (Lipinski definition) is 2. The van der Waals surface area contributed by atoms with Crippen molar-refractivity contribution in [3.05, 3.63) is 33.9 Å². The van der Waals surface area contributed by atoms with Crippen molar-refractivity contribution in [1.29, 1.82) is 5.26 Å². The molecule has 1 aromatic carbocycles. The van der Waals surface area contributed by atoms with Gasteiger partial charge in [0, 0.05) is 25.1 Å². The molecule has 0 aliphatic heterocycles. The van der Waals surface area contributed by atoms with Crippen molar-refractivity contribution < 1.29 is 9.72 Å². The summed E-state index contributed by atoms with van der Waals surface area (Å²) in [6.07, 6.45) is 0.274. The Morgan fingerprint density at radius 3 is 2.84 bits per heavy atom. The third-order valence-corrected chi connectivity index (χ3v) is 2.39. The van der Waals surface area contributed by atoms with Crippen molar-refractivity contribution in [2.45, 2.75) is 13.3 Å². The molecule has 0 saturated heterocycles. The molecule has 0 radical (unpaired) electrons. The highest BCUT2D eigenvalue weighted by Gasteiger charge is 2.12. The minimum Gasteiger partial charge on any atom is -0.325 e. The van der Waals surface area contributed by atoms with Gasteiger partial charge in [0.2, 0.25) is 5.91 Å². The third kappa shape index (κ3) is 4.37. The van der Waals surface area contributed by atoms with Gasteiger partial charge in [0.05, 0.1) is 16.2 Å². The maximum absolute atomic E-state index is 11.6. The molecule has 0 saturated carbocycles. The molecule has 0 aromatic heterocycles. The van der Waals surface area contributed by atoms with Gasteiger partial charge in [0.15, 0.2) is 0 Å². The van der Waals surface area contributed by atoms with E-state index in [2.05, 4.69) is 10.6 Å². The molecule has 0 fully saturated rings. The average molecular weight is 262 g/mol. The molecule has 7 heteroatoms. The molecule has 1 amide bonds. The van der Waals surface area contributed by atoms with E-state index in [1.54, 1.807) is 0 Å². The van der Waals surface area contributed by atoms with E-state index in [4.69, 9.17) is 5.26 Å². The van der Waals surface area contributed by atoms with E-state index in [1.165, 1.54) is 12.1 Å². The molecule has 1 rings (SSSR count). The summed E-state index contributed by atoms with van der Waals surface area (Å²) in [5.41, 5.74) is 0.183. The first-order valence-corrected chi connectivity index (χ1v) is 5.77. The molecular weight excluding hydrogens is 248 g/mol. The maximum atomic E-state index is 11.6. The summed E-state index contributed by atoms with van der Waals surface area (Å²) in [6.45, 7) is 3.24. The Morgan fingerprint density at radius 1 is 1.53 bits per heavy atom. The fourth-order valence-electron chi connectivity index (χ4n) is 1.44. The summed E-state index contributed by atoms with van der Waals surface area (Å²) in [7, 11) is 0. The van der Waals surface area contributed by atoms with Crippen LogP contribution in [-0.2, 0) is 4.79 Å². The van der Waals surface area contributed by atoms with Crippen LogP contribution >= 0.6 is 0 Å². The molecule has 0 unspecified atom stereocenters. The van der Waals surface area contributed by atoms with Gasteiger partial charge in [-0.15, -0.1) is 0 Å². The zero-order chi connectivity index (χ0) is 14.3. The number of benzene rings is 1. The first-order valence-electron chi connectivity index (χ1n) is 5.77. The van der Waals surface area contributed by atoms with Crippen molar-refractivity contribution in [1.82, 2.24) is 5.32 Å². The van der Waals surface area contributed by atoms with Crippen LogP contribution in [0.4, 0.5) is 11.4 Å². The lowest BCUT2D eigenvalue weighted by Gasteiger charge is -2.07. The Balaban J connectivity index is 2.76. The molecule has 0 aliphatic rings. The highest BCUT2D eigenvalue weighted by molar-refractivity contribution is 5.92. The lowest BCUT2D eigenvalue weighted by Crippen LogP contribution is -2.21. The van der Waals surface area contributed by atoms with Crippen LogP contribution in [0.2, 0.25) is 0 Å². The minimum absolute atomic E-state index is 0.0750. The van der Waals surface area contributed by atoms with Gasteiger partial charge in [0.25, 0.3) is 5.69 Å². The Labute approximate surface area is 110 Å². The van der Waals surface area contributed by atoms with Crippen molar-refractivity contribution in [2.24, 2.45) is 0 Å². The summed E-state index contributed by atoms with van der Waals surface area (Å²) in [6, 6.07) is 5.58. The van der Waals surface area contributed by atoms with Gasteiger partial charge in [0.1, 0.15) is 6.07 Å². The molecule has 0 bridgehead atoms. The number of nitriles is 1. The quantitative estimate of drug-likeness (QED) is 0.457. The van der Waals surface area contributed by atoms with Gasteiger partial charge in [-0.2, -0.15) is 5.26 Å². The molecular formula is C12H14N4O3. The fourth-order valence-corrected chi connectivity index (χ4v) is 1.44. The van der Waals surface area contributed by atoms with E-state index >= 15 is 0 Å². The lowest BCUT2D eigenvalue weighted by atomic mass is 10.1. The second-order valence-corrected chi connectivity index (χ2v) is 3.75. The van der Waals surface area contributed by atoms with Gasteiger partial charge in [-0.3, -0.25) is 14.9 Å².